The summed E-state index contributed by atoms with van der Waals surface area (Å²) in [4.78, 5) is 37.6. The normalized spacial score (nSPS) is 24.7. The van der Waals surface area contributed by atoms with Crippen molar-refractivity contribution in [3.05, 3.63) is 29.8 Å². The zero-order valence-electron chi connectivity index (χ0n) is 12.2. The number of hydrogen-bond donors (Lipinski definition) is 1. The second-order valence-corrected chi connectivity index (χ2v) is 5.86. The molecule has 6 nitrogen and oxygen atoms in total. The molecule has 3 rings (SSSR count). The van der Waals surface area contributed by atoms with Crippen LogP contribution in [-0.4, -0.2) is 40.9 Å². The van der Waals surface area contributed by atoms with E-state index in [1.165, 1.54) is 12.0 Å². The van der Waals surface area contributed by atoms with Crippen LogP contribution in [0.4, 0.5) is 0 Å². The highest BCUT2D eigenvalue weighted by Gasteiger charge is 2.57. The third-order valence-electron chi connectivity index (χ3n) is 4.36. The van der Waals surface area contributed by atoms with Crippen molar-refractivity contribution in [2.24, 2.45) is 0 Å². The molecule has 1 aromatic carbocycles. The third-order valence-corrected chi connectivity index (χ3v) is 4.36. The Balaban J connectivity index is 2.02. The van der Waals surface area contributed by atoms with Crippen LogP contribution in [0.3, 0.4) is 0 Å². The van der Waals surface area contributed by atoms with E-state index in [-0.39, 0.29) is 30.7 Å². The van der Waals surface area contributed by atoms with Crippen molar-refractivity contribution in [3.8, 4) is 5.75 Å². The van der Waals surface area contributed by atoms with E-state index in [9.17, 15) is 19.5 Å². The lowest BCUT2D eigenvalue weighted by Gasteiger charge is -2.26. The highest BCUT2D eigenvalue weighted by Crippen LogP contribution is 2.44. The number of carbonyl (C=O) groups excluding carboxylic acids is 2. The lowest BCUT2D eigenvalue weighted by atomic mass is 9.76. The van der Waals surface area contributed by atoms with Gasteiger partial charge in [0.05, 0.1) is 18.9 Å². The van der Waals surface area contributed by atoms with E-state index in [0.29, 0.717) is 11.3 Å². The summed E-state index contributed by atoms with van der Waals surface area (Å²) in [5.41, 5.74) is -0.741. The van der Waals surface area contributed by atoms with Gasteiger partial charge in [-0.3, -0.25) is 19.3 Å². The largest absolute Gasteiger partial charge is 0.497 e. The molecule has 22 heavy (non-hydrogen) atoms. The molecule has 2 amide bonds. The average molecular weight is 303 g/mol. The summed E-state index contributed by atoms with van der Waals surface area (Å²) in [6.45, 7) is 0. The van der Waals surface area contributed by atoms with Crippen molar-refractivity contribution in [2.45, 2.75) is 37.1 Å². The first-order valence-electron chi connectivity index (χ1n) is 7.21. The lowest BCUT2D eigenvalue weighted by molar-refractivity contribution is -0.145. The quantitative estimate of drug-likeness (QED) is 0.830. The van der Waals surface area contributed by atoms with E-state index >= 15 is 0 Å². The van der Waals surface area contributed by atoms with Crippen LogP contribution in [-0.2, 0) is 19.8 Å². The van der Waals surface area contributed by atoms with Crippen LogP contribution in [0, 0.1) is 0 Å². The molecule has 1 aliphatic heterocycles. The third kappa shape index (κ3) is 2.24. The predicted molar refractivity (Wildman–Crippen MR) is 76.4 cm³/mol. The first-order valence-corrected chi connectivity index (χ1v) is 7.21. The Kier molecular flexibility index (Phi) is 3.39. The number of carboxylic acids is 1. The number of amides is 2. The van der Waals surface area contributed by atoms with Crippen LogP contribution < -0.4 is 4.74 Å². The zero-order chi connectivity index (χ0) is 15.9. The number of imide groups is 1. The maximum atomic E-state index is 12.8. The van der Waals surface area contributed by atoms with Gasteiger partial charge in [-0.05, 0) is 30.5 Å². The molecule has 6 heteroatoms. The Hall–Kier alpha value is -2.37. The van der Waals surface area contributed by atoms with Crippen molar-refractivity contribution in [2.75, 3.05) is 7.11 Å². The number of carbonyl (C=O) groups is 3. The van der Waals surface area contributed by atoms with Crippen LogP contribution in [0.1, 0.15) is 31.2 Å². The molecule has 1 saturated heterocycles. The number of ether oxygens (including phenoxy) is 1. The fourth-order valence-electron chi connectivity index (χ4n) is 3.10. The van der Waals surface area contributed by atoms with E-state index < -0.39 is 11.4 Å². The minimum atomic E-state index is -1.29. The summed E-state index contributed by atoms with van der Waals surface area (Å²) in [6.07, 6.45) is 1.15. The van der Waals surface area contributed by atoms with Gasteiger partial charge in [-0.1, -0.05) is 12.1 Å². The van der Waals surface area contributed by atoms with Crippen LogP contribution in [0.25, 0.3) is 0 Å². The number of methoxy groups -OCH3 is 1. The van der Waals surface area contributed by atoms with Gasteiger partial charge in [-0.25, -0.2) is 0 Å². The topological polar surface area (TPSA) is 83.9 Å². The number of carboxylic acid groups (broad SMARTS) is 1. The number of rotatable bonds is 5. The molecule has 2 aliphatic rings. The smallest absolute Gasteiger partial charge is 0.304 e. The molecule has 1 N–H and O–H groups in total. The van der Waals surface area contributed by atoms with Gasteiger partial charge in [0.15, 0.2) is 0 Å². The lowest BCUT2D eigenvalue weighted by Crippen LogP contribution is -2.41. The summed E-state index contributed by atoms with van der Waals surface area (Å²) < 4.78 is 5.08. The van der Waals surface area contributed by atoms with Gasteiger partial charge < -0.3 is 9.84 Å². The molecule has 2 fully saturated rings. The average Bonchev–Trinajstić information content (AvgIpc) is 3.27. The highest BCUT2D eigenvalue weighted by molar-refractivity contribution is 6.10. The van der Waals surface area contributed by atoms with Crippen molar-refractivity contribution in [1.29, 1.82) is 0 Å². The molecule has 0 spiro atoms. The Morgan fingerprint density at radius 3 is 2.45 bits per heavy atom. The molecule has 1 heterocycles. The molecule has 1 aliphatic carbocycles. The minimum absolute atomic E-state index is 0.0473. The number of likely N-dealkylation sites (tertiary alicyclic amines) is 1. The van der Waals surface area contributed by atoms with Crippen LogP contribution >= 0.6 is 0 Å². The molecule has 1 saturated carbocycles. The van der Waals surface area contributed by atoms with Crippen molar-refractivity contribution in [1.82, 2.24) is 4.90 Å². The maximum Gasteiger partial charge on any atom is 0.304 e. The van der Waals surface area contributed by atoms with Crippen molar-refractivity contribution in [3.63, 3.8) is 0 Å². The monoisotopic (exact) mass is 303 g/mol. The van der Waals surface area contributed by atoms with E-state index in [4.69, 9.17) is 4.74 Å². The van der Waals surface area contributed by atoms with Crippen molar-refractivity contribution < 1.29 is 24.2 Å². The van der Waals surface area contributed by atoms with Gasteiger partial charge in [0.1, 0.15) is 5.75 Å². The second kappa shape index (κ2) is 5.12. The van der Waals surface area contributed by atoms with Gasteiger partial charge in [-0.2, -0.15) is 0 Å². The summed E-state index contributed by atoms with van der Waals surface area (Å²) >= 11 is 0. The molecular formula is C16H17NO5. The Morgan fingerprint density at radius 2 is 1.95 bits per heavy atom. The molecule has 0 unspecified atom stereocenters. The zero-order valence-corrected chi connectivity index (χ0v) is 12.2. The summed E-state index contributed by atoms with van der Waals surface area (Å²) in [6, 6.07) is 6.65. The van der Waals surface area contributed by atoms with Crippen molar-refractivity contribution >= 4 is 17.8 Å². The van der Waals surface area contributed by atoms with Crippen LogP contribution in [0.2, 0.25) is 0 Å². The molecule has 0 bridgehead atoms. The van der Waals surface area contributed by atoms with E-state index in [1.54, 1.807) is 24.3 Å². The standard InChI is InChI=1S/C16H17NO5/c1-22-12-6-2-10(3-7-12)16(9-14(19)20)8-13(18)17(15(16)21)11-4-5-11/h2-3,6-7,11H,4-5,8-9H2,1H3,(H,19,20)/t16-/m1/s1. The van der Waals surface area contributed by atoms with E-state index in [1.807, 2.05) is 0 Å². The van der Waals surface area contributed by atoms with Crippen LogP contribution in [0.5, 0.6) is 5.75 Å². The van der Waals surface area contributed by atoms with Crippen LogP contribution in [0.15, 0.2) is 24.3 Å². The number of nitrogens with zero attached hydrogens (tertiary/aromatic N) is 1. The van der Waals surface area contributed by atoms with Gasteiger partial charge in [0.2, 0.25) is 11.8 Å². The molecule has 116 valence electrons. The fourth-order valence-corrected chi connectivity index (χ4v) is 3.10. The Labute approximate surface area is 127 Å². The Morgan fingerprint density at radius 1 is 1.32 bits per heavy atom. The molecule has 1 atom stereocenters. The minimum Gasteiger partial charge on any atom is -0.497 e. The molecular weight excluding hydrogens is 286 g/mol. The molecule has 0 aromatic heterocycles. The number of aliphatic carboxylic acids is 1. The van der Waals surface area contributed by atoms with Gasteiger partial charge in [0.25, 0.3) is 0 Å². The maximum absolute atomic E-state index is 12.8. The second-order valence-electron chi connectivity index (χ2n) is 5.86. The highest BCUT2D eigenvalue weighted by atomic mass is 16.5. The molecule has 0 radical (unpaired) electrons. The first-order chi connectivity index (χ1) is 10.5. The van der Waals surface area contributed by atoms with E-state index in [2.05, 4.69) is 0 Å². The number of benzene rings is 1. The van der Waals surface area contributed by atoms with Gasteiger partial charge in [0, 0.05) is 12.5 Å². The fraction of sp³-hybridized carbons (Fsp3) is 0.438. The summed E-state index contributed by atoms with van der Waals surface area (Å²) in [5, 5.41) is 9.24. The SMILES string of the molecule is COc1ccc([C@]2(CC(=O)O)CC(=O)N(C3CC3)C2=O)cc1. The van der Waals surface area contributed by atoms with Gasteiger partial charge in [-0.15, -0.1) is 0 Å². The first kappa shape index (κ1) is 14.6. The predicted octanol–water partition coefficient (Wildman–Crippen LogP) is 1.33. The summed E-state index contributed by atoms with van der Waals surface area (Å²) in [5.74, 6) is -1.13. The summed E-state index contributed by atoms with van der Waals surface area (Å²) in [7, 11) is 1.53. The number of hydrogen-bond acceptors (Lipinski definition) is 4. The Bertz CT molecular complexity index is 634. The van der Waals surface area contributed by atoms with Gasteiger partial charge >= 0.3 is 5.97 Å². The van der Waals surface area contributed by atoms with E-state index in [0.717, 1.165) is 12.8 Å². The molecule has 1 aromatic rings.